The molecule has 0 aliphatic rings. The van der Waals surface area contributed by atoms with E-state index in [1.54, 1.807) is 0 Å². The molecule has 0 unspecified atom stereocenters. The summed E-state index contributed by atoms with van der Waals surface area (Å²) in [5.74, 6) is 2.81. The van der Waals surface area contributed by atoms with Crippen LogP contribution < -0.4 is 0 Å². The van der Waals surface area contributed by atoms with Crippen LogP contribution in [-0.2, 0) is 0 Å². The van der Waals surface area contributed by atoms with Gasteiger partial charge in [0.25, 0.3) is 0 Å². The molecule has 0 saturated heterocycles. The van der Waals surface area contributed by atoms with E-state index in [9.17, 15) is 0 Å². The Morgan fingerprint density at radius 1 is 0.101 bits per heavy atom. The van der Waals surface area contributed by atoms with Gasteiger partial charge in [0.1, 0.15) is 0 Å². The van der Waals surface area contributed by atoms with Gasteiger partial charge in [-0.05, 0) is 166 Å². The third kappa shape index (κ3) is 19.4. The summed E-state index contributed by atoms with van der Waals surface area (Å²) >= 11 is 0. The molecular formula is C136H90N12. The first-order valence-corrected chi connectivity index (χ1v) is 49.4. The highest BCUT2D eigenvalue weighted by Gasteiger charge is 2.22. The van der Waals surface area contributed by atoms with Crippen LogP contribution in [0.4, 0.5) is 0 Å². The van der Waals surface area contributed by atoms with Crippen LogP contribution in [0.2, 0.25) is 0 Å². The molecule has 0 bridgehead atoms. The number of hydrogen-bond acceptors (Lipinski definition) is 12. The molecule has 0 N–H and O–H groups in total. The van der Waals surface area contributed by atoms with Crippen molar-refractivity contribution in [1.29, 1.82) is 0 Å². The Bertz CT molecular complexity index is 9450. The van der Waals surface area contributed by atoms with E-state index in [2.05, 4.69) is 414 Å². The van der Waals surface area contributed by atoms with E-state index in [-0.39, 0.29) is 0 Å². The van der Waals surface area contributed by atoms with Gasteiger partial charge in [-0.25, -0.2) is 39.9 Å². The van der Waals surface area contributed by atoms with Crippen molar-refractivity contribution in [1.82, 2.24) is 59.8 Å². The number of aromatic nitrogens is 12. The van der Waals surface area contributed by atoms with Gasteiger partial charge in [-0.2, -0.15) is 0 Å². The summed E-state index contributed by atoms with van der Waals surface area (Å²) in [6.07, 6.45) is 7.26. The Labute approximate surface area is 856 Å². The standard InChI is InChI=1S/C39H25N3.C35H23N3.2C31H21N3/c1-3-13-30-26(10-1)12-9-17-34(30)37-25-38(35-24-29-11-2-4-14-31(29)32-15-5-6-16-33(32)35)42-39(41-37)28-21-19-27(20-22-28)36-18-7-8-23-40-36;1-2-10-24(11-3-1)33-23-34(31-22-27-12-4-5-13-28(27)29-14-6-7-15-30(29)31)38-35(37-33)26-19-17-25(18-20-26)32-16-8-9-21-36-32;1-2-10-23(11-3-1)29-21-30(27-14-8-12-22-9-4-5-13-26(22)27)34-31(33-29)25-18-16-24(17-19-25)28-15-6-7-20-32-28;1-2-9-23(10-3-1)29-21-30(27-18-13-22-8-4-5-11-26(22)20-27)34-31(33-29)25-16-14-24(15-17-25)28-12-6-7-19-32-28/h1-25H;1-23H;2*1-21H. The molecule has 19 aromatic carbocycles. The molecule has 12 nitrogen and oxygen atoms in total. The molecule has 0 aliphatic heterocycles. The highest BCUT2D eigenvalue weighted by molar-refractivity contribution is 6.15. The third-order valence-electron chi connectivity index (χ3n) is 26.8. The number of benzene rings is 19. The van der Waals surface area contributed by atoms with Crippen LogP contribution in [-0.4, -0.2) is 59.8 Å². The molecule has 0 radical (unpaired) electrons. The van der Waals surface area contributed by atoms with E-state index in [1.165, 1.54) is 75.4 Å². The normalized spacial score (nSPS) is 11.1. The molecular weight excluding hydrogens is 1800 g/mol. The lowest BCUT2D eigenvalue weighted by Gasteiger charge is -2.14. The van der Waals surface area contributed by atoms with Crippen LogP contribution in [0.5, 0.6) is 0 Å². The third-order valence-corrected chi connectivity index (χ3v) is 26.8. The van der Waals surface area contributed by atoms with Crippen molar-refractivity contribution in [2.75, 3.05) is 0 Å². The van der Waals surface area contributed by atoms with Crippen LogP contribution in [0.1, 0.15) is 0 Å². The summed E-state index contributed by atoms with van der Waals surface area (Å²) in [7, 11) is 0. The Kier molecular flexibility index (Phi) is 25.4. The van der Waals surface area contributed by atoms with Gasteiger partial charge in [0.15, 0.2) is 23.3 Å². The van der Waals surface area contributed by atoms with E-state index in [0.717, 1.165) is 157 Å². The summed E-state index contributed by atoms with van der Waals surface area (Å²) in [6, 6.07) is 180. The average Bonchev–Trinajstić information content (AvgIpc) is 0.767. The largest absolute Gasteiger partial charge is 0.256 e. The monoisotopic (exact) mass is 1890 g/mol. The van der Waals surface area contributed by atoms with Crippen molar-refractivity contribution >= 4 is 75.4 Å². The molecule has 12 heteroatoms. The molecule has 0 atom stereocenters. The molecule has 8 heterocycles. The molecule has 27 rings (SSSR count). The van der Waals surface area contributed by atoms with E-state index >= 15 is 0 Å². The van der Waals surface area contributed by atoms with Crippen molar-refractivity contribution in [3.05, 3.63) is 546 Å². The van der Waals surface area contributed by atoms with Crippen molar-refractivity contribution < 1.29 is 0 Å². The van der Waals surface area contributed by atoms with Crippen LogP contribution in [0, 0.1) is 0 Å². The predicted octanol–water partition coefficient (Wildman–Crippen LogP) is 34.2. The zero-order chi connectivity index (χ0) is 98.7. The first-order valence-electron chi connectivity index (χ1n) is 49.4. The molecule has 0 fully saturated rings. The summed E-state index contributed by atoms with van der Waals surface area (Å²) in [4.78, 5) is 58.3. The second kappa shape index (κ2) is 41.6. The number of nitrogens with zero attached hydrogens (tertiary/aromatic N) is 12. The topological polar surface area (TPSA) is 155 Å². The molecule has 694 valence electrons. The maximum Gasteiger partial charge on any atom is 0.160 e. The molecule has 0 saturated carbocycles. The smallest absolute Gasteiger partial charge is 0.160 e. The zero-order valence-electron chi connectivity index (χ0n) is 80.3. The molecule has 0 spiro atoms. The van der Waals surface area contributed by atoms with Crippen molar-refractivity contribution in [2.24, 2.45) is 0 Å². The van der Waals surface area contributed by atoms with Gasteiger partial charge in [-0.1, -0.05) is 431 Å². The Balaban J connectivity index is 0.000000106. The van der Waals surface area contributed by atoms with Gasteiger partial charge in [0, 0.05) is 114 Å². The van der Waals surface area contributed by atoms with Crippen LogP contribution >= 0.6 is 0 Å². The Hall–Kier alpha value is -20.1. The Morgan fingerprint density at radius 3 is 0.669 bits per heavy atom. The van der Waals surface area contributed by atoms with Gasteiger partial charge < -0.3 is 0 Å². The van der Waals surface area contributed by atoms with E-state index in [0.29, 0.717) is 23.3 Å². The fourth-order valence-corrected chi connectivity index (χ4v) is 19.3. The second-order valence-electron chi connectivity index (χ2n) is 36.1. The van der Waals surface area contributed by atoms with Crippen molar-refractivity contribution in [3.63, 3.8) is 0 Å². The molecule has 0 amide bonds. The van der Waals surface area contributed by atoms with Gasteiger partial charge in [0.05, 0.1) is 68.3 Å². The summed E-state index contributed by atoms with van der Waals surface area (Å²) in [5.41, 5.74) is 27.8. The summed E-state index contributed by atoms with van der Waals surface area (Å²) in [6.45, 7) is 0. The molecule has 8 aromatic heterocycles. The first-order chi connectivity index (χ1) is 73.3. The lowest BCUT2D eigenvalue weighted by molar-refractivity contribution is 1.18. The maximum absolute atomic E-state index is 5.21. The van der Waals surface area contributed by atoms with Gasteiger partial charge >= 0.3 is 0 Å². The van der Waals surface area contributed by atoms with Gasteiger partial charge in [-0.15, -0.1) is 0 Å². The minimum Gasteiger partial charge on any atom is -0.256 e. The second-order valence-corrected chi connectivity index (χ2v) is 36.1. The van der Waals surface area contributed by atoms with E-state index in [1.807, 2.05) is 152 Å². The number of fused-ring (bicyclic) bond motifs is 9. The fourth-order valence-electron chi connectivity index (χ4n) is 19.3. The number of hydrogen-bond donors (Lipinski definition) is 0. The summed E-state index contributed by atoms with van der Waals surface area (Å²) < 4.78 is 0. The maximum atomic E-state index is 5.21. The van der Waals surface area contributed by atoms with E-state index < -0.39 is 0 Å². The predicted molar refractivity (Wildman–Crippen MR) is 609 cm³/mol. The zero-order valence-corrected chi connectivity index (χ0v) is 80.3. The number of rotatable bonds is 16. The first kappa shape index (κ1) is 90.5. The molecule has 0 aliphatic carbocycles. The van der Waals surface area contributed by atoms with Crippen LogP contribution in [0.25, 0.3) is 256 Å². The highest BCUT2D eigenvalue weighted by atomic mass is 14.9. The van der Waals surface area contributed by atoms with Crippen LogP contribution in [0.15, 0.2) is 546 Å². The van der Waals surface area contributed by atoms with Crippen molar-refractivity contribution in [2.45, 2.75) is 0 Å². The van der Waals surface area contributed by atoms with E-state index in [4.69, 9.17) is 39.9 Å². The highest BCUT2D eigenvalue weighted by Crippen LogP contribution is 2.43. The average molecular weight is 1890 g/mol. The Morgan fingerprint density at radius 2 is 0.331 bits per heavy atom. The minimum absolute atomic E-state index is 0.695. The SMILES string of the molecule is c1ccc(-c2cc(-c3cc4ccccc4c4ccccc34)nc(-c3ccc(-c4ccccn4)cc3)n2)cc1.c1ccc(-c2cc(-c3ccc4ccccc4c3)nc(-c3ccc(-c4ccccn4)cc3)n2)cc1.c1ccc(-c2cc(-c3cccc4ccccc34)nc(-c3ccc(-c4ccccn4)cc3)n2)cc1.c1ccc(-c2ccc(-c3nc(-c4cccc5ccccc45)cc(-c4cc5ccccc5c5ccccc45)n3)cc2)nc1. The lowest BCUT2D eigenvalue weighted by Crippen LogP contribution is -1.97. The fraction of sp³-hybridized carbons (Fsp3) is 0. The quantitative estimate of drug-likeness (QED) is 0.0846. The summed E-state index contributed by atoms with van der Waals surface area (Å²) in [5, 5.41) is 16.8. The van der Waals surface area contributed by atoms with Gasteiger partial charge in [-0.3, -0.25) is 19.9 Å². The van der Waals surface area contributed by atoms with Crippen LogP contribution in [0.3, 0.4) is 0 Å². The molecule has 27 aromatic rings. The molecule has 148 heavy (non-hydrogen) atoms. The number of pyridine rings is 4. The lowest BCUT2D eigenvalue weighted by atomic mass is 9.94. The minimum atomic E-state index is 0.695. The van der Waals surface area contributed by atoms with Crippen molar-refractivity contribution in [3.8, 4) is 181 Å². The van der Waals surface area contributed by atoms with Gasteiger partial charge in [0.2, 0.25) is 0 Å².